The number of aromatic nitrogens is 2. The SMILES string of the molecule is COc1cccc(-n2c(=O)[nH]c3ccc(C)cc3c2=O)c1. The number of nitrogens with one attached hydrogen (secondary N) is 1. The molecule has 21 heavy (non-hydrogen) atoms. The molecule has 3 rings (SSSR count). The van der Waals surface area contributed by atoms with E-state index in [9.17, 15) is 9.59 Å². The van der Waals surface area contributed by atoms with Crippen LogP contribution in [0, 0.1) is 6.92 Å². The number of aryl methyl sites for hydroxylation is 1. The predicted molar refractivity (Wildman–Crippen MR) is 81.5 cm³/mol. The molecule has 0 radical (unpaired) electrons. The van der Waals surface area contributed by atoms with Crippen molar-refractivity contribution >= 4 is 10.9 Å². The van der Waals surface area contributed by atoms with E-state index in [1.54, 1.807) is 36.4 Å². The molecule has 0 atom stereocenters. The monoisotopic (exact) mass is 282 g/mol. The second kappa shape index (κ2) is 4.94. The molecule has 0 aliphatic carbocycles. The number of rotatable bonds is 2. The third-order valence-electron chi connectivity index (χ3n) is 3.36. The first-order valence-corrected chi connectivity index (χ1v) is 6.50. The number of aromatic amines is 1. The zero-order valence-electron chi connectivity index (χ0n) is 11.7. The molecule has 1 heterocycles. The lowest BCUT2D eigenvalue weighted by Gasteiger charge is -2.08. The van der Waals surface area contributed by atoms with E-state index in [1.165, 1.54) is 7.11 Å². The number of H-pyrrole nitrogens is 1. The van der Waals surface area contributed by atoms with E-state index in [4.69, 9.17) is 4.74 Å². The summed E-state index contributed by atoms with van der Waals surface area (Å²) in [5.74, 6) is 0.586. The lowest BCUT2D eigenvalue weighted by Crippen LogP contribution is -2.33. The van der Waals surface area contributed by atoms with Crippen molar-refractivity contribution in [3.63, 3.8) is 0 Å². The fraction of sp³-hybridized carbons (Fsp3) is 0.125. The maximum atomic E-state index is 12.6. The molecule has 0 saturated heterocycles. The molecule has 0 unspecified atom stereocenters. The third-order valence-corrected chi connectivity index (χ3v) is 3.36. The zero-order valence-corrected chi connectivity index (χ0v) is 11.7. The summed E-state index contributed by atoms with van der Waals surface area (Å²) < 4.78 is 6.25. The van der Waals surface area contributed by atoms with Gasteiger partial charge in [-0.3, -0.25) is 4.79 Å². The van der Waals surface area contributed by atoms with Gasteiger partial charge in [-0.1, -0.05) is 17.7 Å². The lowest BCUT2D eigenvalue weighted by atomic mass is 10.1. The Bertz CT molecular complexity index is 938. The van der Waals surface area contributed by atoms with Crippen molar-refractivity contribution in [2.45, 2.75) is 6.92 Å². The van der Waals surface area contributed by atoms with E-state index in [0.717, 1.165) is 10.1 Å². The van der Waals surface area contributed by atoms with Gasteiger partial charge in [-0.2, -0.15) is 0 Å². The normalized spacial score (nSPS) is 10.8. The largest absolute Gasteiger partial charge is 0.497 e. The molecule has 2 aromatic carbocycles. The van der Waals surface area contributed by atoms with Crippen molar-refractivity contribution in [2.24, 2.45) is 0 Å². The second-order valence-electron chi connectivity index (χ2n) is 4.82. The van der Waals surface area contributed by atoms with Crippen LogP contribution in [-0.2, 0) is 0 Å². The fourth-order valence-electron chi connectivity index (χ4n) is 2.31. The van der Waals surface area contributed by atoms with E-state index in [1.807, 2.05) is 13.0 Å². The smallest absolute Gasteiger partial charge is 0.333 e. The first kappa shape index (κ1) is 13.2. The van der Waals surface area contributed by atoms with Crippen LogP contribution in [0.4, 0.5) is 0 Å². The Balaban J connectivity index is 2.37. The molecule has 0 aliphatic heterocycles. The van der Waals surface area contributed by atoms with Gasteiger partial charge in [0.1, 0.15) is 5.75 Å². The maximum absolute atomic E-state index is 12.6. The molecule has 0 fully saturated rings. The summed E-state index contributed by atoms with van der Waals surface area (Å²) in [6, 6.07) is 12.2. The molecular weight excluding hydrogens is 268 g/mol. The van der Waals surface area contributed by atoms with E-state index >= 15 is 0 Å². The van der Waals surface area contributed by atoms with Crippen molar-refractivity contribution in [1.82, 2.24) is 9.55 Å². The van der Waals surface area contributed by atoms with Gasteiger partial charge >= 0.3 is 5.69 Å². The molecule has 0 aliphatic rings. The molecule has 3 aromatic rings. The minimum absolute atomic E-state index is 0.342. The molecule has 0 amide bonds. The van der Waals surface area contributed by atoms with Crippen molar-refractivity contribution < 1.29 is 4.74 Å². The average Bonchev–Trinajstić information content (AvgIpc) is 2.48. The number of hydrogen-bond acceptors (Lipinski definition) is 3. The van der Waals surface area contributed by atoms with Crippen molar-refractivity contribution in [2.75, 3.05) is 7.11 Å². The van der Waals surface area contributed by atoms with Crippen LogP contribution >= 0.6 is 0 Å². The quantitative estimate of drug-likeness (QED) is 0.782. The van der Waals surface area contributed by atoms with Crippen LogP contribution in [0.3, 0.4) is 0 Å². The highest BCUT2D eigenvalue weighted by Crippen LogP contribution is 2.15. The summed E-state index contributed by atoms with van der Waals surface area (Å²) in [6.07, 6.45) is 0. The highest BCUT2D eigenvalue weighted by molar-refractivity contribution is 5.78. The molecule has 1 aromatic heterocycles. The van der Waals surface area contributed by atoms with Gasteiger partial charge in [0.25, 0.3) is 5.56 Å². The van der Waals surface area contributed by atoms with E-state index in [2.05, 4.69) is 4.98 Å². The highest BCUT2D eigenvalue weighted by atomic mass is 16.5. The lowest BCUT2D eigenvalue weighted by molar-refractivity contribution is 0.414. The Labute approximate surface area is 120 Å². The maximum Gasteiger partial charge on any atom is 0.333 e. The summed E-state index contributed by atoms with van der Waals surface area (Å²) in [5.41, 5.74) is 1.16. The molecule has 0 spiro atoms. The Morgan fingerprint density at radius 1 is 1.10 bits per heavy atom. The van der Waals surface area contributed by atoms with Gasteiger partial charge in [0.2, 0.25) is 0 Å². The minimum atomic E-state index is -0.468. The summed E-state index contributed by atoms with van der Waals surface area (Å²) in [6.45, 7) is 1.90. The van der Waals surface area contributed by atoms with Gasteiger partial charge in [-0.05, 0) is 31.2 Å². The molecule has 106 valence electrons. The predicted octanol–water partition coefficient (Wildman–Crippen LogP) is 2.00. The number of hydrogen-bond donors (Lipinski definition) is 1. The molecule has 1 N–H and O–H groups in total. The van der Waals surface area contributed by atoms with Crippen molar-refractivity contribution in [3.05, 3.63) is 68.9 Å². The highest BCUT2D eigenvalue weighted by Gasteiger charge is 2.10. The molecule has 5 heteroatoms. The Kier molecular flexibility index (Phi) is 3.10. The summed E-state index contributed by atoms with van der Waals surface area (Å²) in [7, 11) is 1.54. The van der Waals surface area contributed by atoms with Crippen molar-refractivity contribution in [3.8, 4) is 11.4 Å². The Hall–Kier alpha value is -2.82. The fourth-order valence-corrected chi connectivity index (χ4v) is 2.31. The van der Waals surface area contributed by atoms with Crippen LogP contribution in [-0.4, -0.2) is 16.7 Å². The number of fused-ring (bicyclic) bond motifs is 1. The standard InChI is InChI=1S/C16H14N2O3/c1-10-6-7-14-13(8-10)15(19)18(16(20)17-14)11-4-3-5-12(9-11)21-2/h3-9H,1-2H3,(H,17,20). The van der Waals surface area contributed by atoms with E-state index in [0.29, 0.717) is 22.3 Å². The number of ether oxygens (including phenoxy) is 1. The van der Waals surface area contributed by atoms with Crippen LogP contribution in [0.15, 0.2) is 52.1 Å². The van der Waals surface area contributed by atoms with E-state index in [-0.39, 0.29) is 5.56 Å². The van der Waals surface area contributed by atoms with Gasteiger partial charge in [-0.15, -0.1) is 0 Å². The van der Waals surface area contributed by atoms with Gasteiger partial charge in [-0.25, -0.2) is 9.36 Å². The molecule has 5 nitrogen and oxygen atoms in total. The first-order valence-electron chi connectivity index (χ1n) is 6.50. The van der Waals surface area contributed by atoms with Gasteiger partial charge < -0.3 is 9.72 Å². The molecule has 0 bridgehead atoms. The van der Waals surface area contributed by atoms with Gasteiger partial charge in [0.15, 0.2) is 0 Å². The van der Waals surface area contributed by atoms with Crippen LogP contribution in [0.25, 0.3) is 16.6 Å². The topological polar surface area (TPSA) is 64.1 Å². The number of benzene rings is 2. The van der Waals surface area contributed by atoms with E-state index < -0.39 is 5.69 Å². The first-order chi connectivity index (χ1) is 10.1. The number of methoxy groups -OCH3 is 1. The minimum Gasteiger partial charge on any atom is -0.497 e. The van der Waals surface area contributed by atoms with Crippen LogP contribution in [0.5, 0.6) is 5.75 Å². The summed E-state index contributed by atoms with van der Waals surface area (Å²) >= 11 is 0. The third kappa shape index (κ3) is 2.23. The average molecular weight is 282 g/mol. The van der Waals surface area contributed by atoms with Crippen LogP contribution < -0.4 is 16.0 Å². The van der Waals surface area contributed by atoms with Crippen LogP contribution in [0.1, 0.15) is 5.56 Å². The summed E-state index contributed by atoms with van der Waals surface area (Å²) in [5, 5.41) is 0.484. The molecular formula is C16H14N2O3. The number of nitrogens with zero attached hydrogens (tertiary/aromatic N) is 1. The van der Waals surface area contributed by atoms with Gasteiger partial charge in [0, 0.05) is 6.07 Å². The Morgan fingerprint density at radius 3 is 2.67 bits per heavy atom. The second-order valence-corrected chi connectivity index (χ2v) is 4.82. The van der Waals surface area contributed by atoms with Gasteiger partial charge in [0.05, 0.1) is 23.7 Å². The Morgan fingerprint density at radius 2 is 1.90 bits per heavy atom. The van der Waals surface area contributed by atoms with Crippen molar-refractivity contribution in [1.29, 1.82) is 0 Å². The summed E-state index contributed by atoms with van der Waals surface area (Å²) in [4.78, 5) is 27.5. The molecule has 0 saturated carbocycles. The zero-order chi connectivity index (χ0) is 15.0. The van der Waals surface area contributed by atoms with Crippen LogP contribution in [0.2, 0.25) is 0 Å².